The van der Waals surface area contributed by atoms with Crippen molar-refractivity contribution in [1.82, 2.24) is 4.98 Å². The minimum absolute atomic E-state index is 1.11. The van der Waals surface area contributed by atoms with Crippen molar-refractivity contribution in [2.24, 2.45) is 0 Å². The van der Waals surface area contributed by atoms with Crippen molar-refractivity contribution in [2.75, 3.05) is 0 Å². The molecule has 0 aliphatic heterocycles. The number of nitrogens with zero attached hydrogens (tertiary/aromatic N) is 1. The number of aryl methyl sites for hydroxylation is 1. The second-order valence-electron chi connectivity index (χ2n) is 5.20. The van der Waals surface area contributed by atoms with Crippen molar-refractivity contribution in [2.45, 2.75) is 26.1 Å². The topological polar surface area (TPSA) is 12.9 Å². The van der Waals surface area contributed by atoms with E-state index in [1.807, 2.05) is 12.3 Å². The molecule has 88 valence electrons. The third kappa shape index (κ3) is 2.83. The molecule has 17 heavy (non-hydrogen) atoms. The van der Waals surface area contributed by atoms with Gasteiger partial charge in [-0.3, -0.25) is 4.98 Å². The Bertz CT molecular complexity index is 491. The maximum Gasteiger partial charge on any atom is 0.0868 e. The first-order valence-corrected chi connectivity index (χ1v) is 9.26. The minimum atomic E-state index is -1.43. The van der Waals surface area contributed by atoms with Crippen molar-refractivity contribution in [3.63, 3.8) is 0 Å². The summed E-state index contributed by atoms with van der Waals surface area (Å²) in [6, 6.07) is 16.1. The molecule has 0 saturated heterocycles. The predicted molar refractivity (Wildman–Crippen MR) is 76.2 cm³/mol. The Kier molecular flexibility index (Phi) is 3.43. The Morgan fingerprint density at radius 3 is 2.35 bits per heavy atom. The van der Waals surface area contributed by atoms with Gasteiger partial charge in [-0.05, 0) is 25.1 Å². The van der Waals surface area contributed by atoms with Gasteiger partial charge in [0.25, 0.3) is 0 Å². The van der Waals surface area contributed by atoms with E-state index in [-0.39, 0.29) is 0 Å². The second-order valence-corrected chi connectivity index (χ2v) is 9.86. The molecule has 0 atom stereocenters. The lowest BCUT2D eigenvalue weighted by atomic mass is 10.2. The van der Waals surface area contributed by atoms with Gasteiger partial charge in [-0.15, -0.1) is 0 Å². The lowest BCUT2D eigenvalue weighted by Gasteiger charge is -2.24. The predicted octanol–water partition coefficient (Wildman–Crippen LogP) is 3.09. The number of rotatable bonds is 3. The zero-order chi connectivity index (χ0) is 12.3. The van der Waals surface area contributed by atoms with Gasteiger partial charge < -0.3 is 0 Å². The van der Waals surface area contributed by atoms with Gasteiger partial charge in [0.1, 0.15) is 0 Å². The maximum atomic E-state index is 4.45. The molecule has 1 nitrogen and oxygen atoms in total. The summed E-state index contributed by atoms with van der Waals surface area (Å²) in [6.45, 7) is 7.05. The van der Waals surface area contributed by atoms with Crippen LogP contribution in [0.4, 0.5) is 0 Å². The Morgan fingerprint density at radius 2 is 1.71 bits per heavy atom. The van der Waals surface area contributed by atoms with Crippen LogP contribution in [0.3, 0.4) is 0 Å². The van der Waals surface area contributed by atoms with Gasteiger partial charge in [-0.2, -0.15) is 0 Å². The fraction of sp³-hybridized carbons (Fsp3) is 0.267. The van der Waals surface area contributed by atoms with Crippen molar-refractivity contribution in [3.8, 4) is 0 Å². The summed E-state index contributed by atoms with van der Waals surface area (Å²) in [6.07, 6.45) is 1.89. The molecule has 1 aromatic heterocycles. The lowest BCUT2D eigenvalue weighted by Crippen LogP contribution is -2.45. The fourth-order valence-corrected chi connectivity index (χ4v) is 5.39. The van der Waals surface area contributed by atoms with Crippen molar-refractivity contribution >= 4 is 13.3 Å². The summed E-state index contributed by atoms with van der Waals surface area (Å²) in [5.41, 5.74) is 2.63. The third-order valence-corrected chi connectivity index (χ3v) is 6.49. The molecule has 1 aromatic carbocycles. The first kappa shape index (κ1) is 12.1. The van der Waals surface area contributed by atoms with Crippen LogP contribution in [0, 0.1) is 6.92 Å². The SMILES string of the molecule is Cc1ccccc1[Si](C)(C)Cc1ccccn1. The highest BCUT2D eigenvalue weighted by Crippen LogP contribution is 2.12. The zero-order valence-electron chi connectivity index (χ0n) is 10.8. The van der Waals surface area contributed by atoms with Gasteiger partial charge in [0.2, 0.25) is 0 Å². The molecule has 0 amide bonds. The molecule has 0 unspecified atom stereocenters. The highest BCUT2D eigenvalue weighted by Gasteiger charge is 2.25. The molecule has 0 N–H and O–H groups in total. The van der Waals surface area contributed by atoms with Gasteiger partial charge >= 0.3 is 0 Å². The standard InChI is InChI=1S/C15H19NSi/c1-13-8-4-5-10-15(13)17(2,3)12-14-9-6-7-11-16-14/h4-11H,12H2,1-3H3. The smallest absolute Gasteiger partial charge is 0.0868 e. The largest absolute Gasteiger partial charge is 0.262 e. The van der Waals surface area contributed by atoms with Crippen LogP contribution in [0.1, 0.15) is 11.3 Å². The van der Waals surface area contributed by atoms with E-state index in [1.54, 1.807) is 5.19 Å². The van der Waals surface area contributed by atoms with Crippen LogP contribution >= 0.6 is 0 Å². The van der Waals surface area contributed by atoms with Gasteiger partial charge in [0.05, 0.1) is 8.07 Å². The summed E-state index contributed by atoms with van der Waals surface area (Å²) in [5, 5.41) is 1.55. The Hall–Kier alpha value is -1.41. The molecule has 2 aromatic rings. The average molecular weight is 241 g/mol. The molecule has 0 fully saturated rings. The minimum Gasteiger partial charge on any atom is -0.262 e. The van der Waals surface area contributed by atoms with Gasteiger partial charge in [-0.1, -0.05) is 54.2 Å². The van der Waals surface area contributed by atoms with Crippen LogP contribution in [0.5, 0.6) is 0 Å². The van der Waals surface area contributed by atoms with Crippen molar-refractivity contribution in [3.05, 3.63) is 59.9 Å². The van der Waals surface area contributed by atoms with Crippen LogP contribution in [-0.2, 0) is 6.04 Å². The van der Waals surface area contributed by atoms with Crippen LogP contribution in [0.15, 0.2) is 48.7 Å². The molecule has 2 heteroatoms. The molecular weight excluding hydrogens is 222 g/mol. The first-order chi connectivity index (χ1) is 8.09. The van der Waals surface area contributed by atoms with E-state index in [4.69, 9.17) is 0 Å². The molecule has 0 aliphatic carbocycles. The van der Waals surface area contributed by atoms with E-state index < -0.39 is 8.07 Å². The van der Waals surface area contributed by atoms with Gasteiger partial charge in [-0.25, -0.2) is 0 Å². The second kappa shape index (κ2) is 4.84. The van der Waals surface area contributed by atoms with Crippen LogP contribution in [0.25, 0.3) is 0 Å². The summed E-state index contributed by atoms with van der Waals surface area (Å²) >= 11 is 0. The first-order valence-electron chi connectivity index (χ1n) is 6.05. The quantitative estimate of drug-likeness (QED) is 0.753. The van der Waals surface area contributed by atoms with Crippen LogP contribution in [0.2, 0.25) is 13.1 Å². The Balaban J connectivity index is 2.28. The summed E-state index contributed by atoms with van der Waals surface area (Å²) in [4.78, 5) is 4.45. The Labute approximate surface area is 105 Å². The fourth-order valence-electron chi connectivity index (χ4n) is 2.38. The van der Waals surface area contributed by atoms with E-state index >= 15 is 0 Å². The van der Waals surface area contributed by atoms with E-state index in [2.05, 4.69) is 61.4 Å². The monoisotopic (exact) mass is 241 g/mol. The average Bonchev–Trinajstić information content (AvgIpc) is 2.30. The van der Waals surface area contributed by atoms with Crippen molar-refractivity contribution in [1.29, 1.82) is 0 Å². The molecular formula is C15H19NSi. The number of hydrogen-bond donors (Lipinski definition) is 0. The molecule has 0 aliphatic rings. The molecule has 0 spiro atoms. The number of hydrogen-bond acceptors (Lipinski definition) is 1. The zero-order valence-corrected chi connectivity index (χ0v) is 11.8. The number of aromatic nitrogens is 1. The Morgan fingerprint density at radius 1 is 1.00 bits per heavy atom. The number of pyridine rings is 1. The molecule has 0 radical (unpaired) electrons. The molecule has 1 heterocycles. The van der Waals surface area contributed by atoms with E-state index in [0.29, 0.717) is 0 Å². The summed E-state index contributed by atoms with van der Waals surface area (Å²) < 4.78 is 0. The highest BCUT2D eigenvalue weighted by molar-refractivity contribution is 6.89. The molecule has 0 saturated carbocycles. The van der Waals surface area contributed by atoms with E-state index in [9.17, 15) is 0 Å². The van der Waals surface area contributed by atoms with E-state index in [0.717, 1.165) is 6.04 Å². The molecule has 2 rings (SSSR count). The van der Waals surface area contributed by atoms with Gasteiger partial charge in [0.15, 0.2) is 0 Å². The van der Waals surface area contributed by atoms with Crippen LogP contribution < -0.4 is 5.19 Å². The summed E-state index contributed by atoms with van der Waals surface area (Å²) in [7, 11) is -1.43. The van der Waals surface area contributed by atoms with Crippen LogP contribution in [-0.4, -0.2) is 13.1 Å². The third-order valence-electron chi connectivity index (χ3n) is 3.22. The molecule has 0 bridgehead atoms. The summed E-state index contributed by atoms with van der Waals surface area (Å²) in [5.74, 6) is 0. The van der Waals surface area contributed by atoms with E-state index in [1.165, 1.54) is 11.3 Å². The number of benzene rings is 1. The van der Waals surface area contributed by atoms with Gasteiger partial charge in [0, 0.05) is 11.9 Å². The highest BCUT2D eigenvalue weighted by atomic mass is 28.3. The lowest BCUT2D eigenvalue weighted by molar-refractivity contribution is 1.14. The maximum absolute atomic E-state index is 4.45. The normalized spacial score (nSPS) is 11.5. The van der Waals surface area contributed by atoms with Crippen molar-refractivity contribution < 1.29 is 0 Å².